The van der Waals surface area contributed by atoms with E-state index in [2.05, 4.69) is 14.9 Å². The van der Waals surface area contributed by atoms with Gasteiger partial charge in [-0.2, -0.15) is 0 Å². The first-order valence-electron chi connectivity index (χ1n) is 7.85. The van der Waals surface area contributed by atoms with E-state index >= 15 is 0 Å². The molecule has 0 fully saturated rings. The normalized spacial score (nSPS) is 16.6. The monoisotopic (exact) mass is 341 g/mol. The highest BCUT2D eigenvalue weighted by molar-refractivity contribution is 7.12. The fourth-order valence-corrected chi connectivity index (χ4v) is 3.90. The van der Waals surface area contributed by atoms with Crippen LogP contribution in [0.3, 0.4) is 0 Å². The van der Waals surface area contributed by atoms with Crippen molar-refractivity contribution in [2.45, 2.75) is 25.4 Å². The van der Waals surface area contributed by atoms with Gasteiger partial charge in [0.1, 0.15) is 11.6 Å². The second-order valence-corrected chi connectivity index (χ2v) is 6.79. The summed E-state index contributed by atoms with van der Waals surface area (Å²) in [6, 6.07) is 8.23. The fourth-order valence-electron chi connectivity index (χ4n) is 3.08. The van der Waals surface area contributed by atoms with Crippen LogP contribution in [0.15, 0.2) is 48.1 Å². The minimum absolute atomic E-state index is 0.0714. The quantitative estimate of drug-likeness (QED) is 0.793. The molecule has 0 saturated carbocycles. The molecular weight excluding hydrogens is 325 g/mol. The summed E-state index contributed by atoms with van der Waals surface area (Å²) < 4.78 is 15.2. The lowest BCUT2D eigenvalue weighted by atomic mass is 10.0. The molecule has 122 valence electrons. The second kappa shape index (κ2) is 6.20. The van der Waals surface area contributed by atoms with Crippen molar-refractivity contribution in [3.63, 3.8) is 0 Å². The van der Waals surface area contributed by atoms with Crippen LogP contribution in [-0.4, -0.2) is 21.5 Å². The van der Waals surface area contributed by atoms with Crippen LogP contribution in [0.25, 0.3) is 11.1 Å². The molecule has 24 heavy (non-hydrogen) atoms. The number of hydrogen-bond acceptors (Lipinski definition) is 3. The van der Waals surface area contributed by atoms with Crippen molar-refractivity contribution in [1.29, 1.82) is 0 Å². The summed E-state index contributed by atoms with van der Waals surface area (Å²) in [7, 11) is 0. The molecule has 0 saturated heterocycles. The van der Waals surface area contributed by atoms with Crippen LogP contribution in [0.5, 0.6) is 0 Å². The van der Waals surface area contributed by atoms with Gasteiger partial charge in [-0.3, -0.25) is 4.79 Å². The summed E-state index contributed by atoms with van der Waals surface area (Å²) >= 11 is 1.41. The zero-order valence-corrected chi connectivity index (χ0v) is 13.7. The van der Waals surface area contributed by atoms with Gasteiger partial charge in [0.15, 0.2) is 0 Å². The third-order valence-corrected chi connectivity index (χ3v) is 5.21. The molecule has 1 N–H and O–H groups in total. The number of rotatable bonds is 3. The van der Waals surface area contributed by atoms with Gasteiger partial charge in [-0.15, -0.1) is 11.3 Å². The SMILES string of the molecule is O=C(N[C@@H]1CCc2nccn2C1)c1sccc1-c1ccc(F)cc1. The highest BCUT2D eigenvalue weighted by Gasteiger charge is 2.22. The molecule has 1 atom stereocenters. The van der Waals surface area contributed by atoms with Gasteiger partial charge in [0.05, 0.1) is 4.88 Å². The predicted molar refractivity (Wildman–Crippen MR) is 91.5 cm³/mol. The molecule has 0 spiro atoms. The lowest BCUT2D eigenvalue weighted by molar-refractivity contribution is 0.0932. The fraction of sp³-hybridized carbons (Fsp3) is 0.222. The number of carbonyl (C=O) groups is 1. The zero-order valence-electron chi connectivity index (χ0n) is 12.9. The number of amides is 1. The number of carbonyl (C=O) groups excluding carboxylic acids is 1. The van der Waals surface area contributed by atoms with Crippen LogP contribution < -0.4 is 5.32 Å². The van der Waals surface area contributed by atoms with E-state index in [0.717, 1.165) is 36.3 Å². The highest BCUT2D eigenvalue weighted by atomic mass is 32.1. The Morgan fingerprint density at radius 3 is 2.96 bits per heavy atom. The summed E-state index contributed by atoms with van der Waals surface area (Å²) in [5.74, 6) is 0.722. The summed E-state index contributed by atoms with van der Waals surface area (Å²) in [4.78, 5) is 17.7. The first-order chi connectivity index (χ1) is 11.7. The summed E-state index contributed by atoms with van der Waals surface area (Å²) in [5, 5.41) is 5.01. The molecule has 6 heteroatoms. The minimum atomic E-state index is -0.279. The topological polar surface area (TPSA) is 46.9 Å². The van der Waals surface area contributed by atoms with E-state index in [9.17, 15) is 9.18 Å². The Hall–Kier alpha value is -2.47. The predicted octanol–water partition coefficient (Wildman–Crippen LogP) is 3.50. The van der Waals surface area contributed by atoms with Crippen molar-refractivity contribution >= 4 is 17.2 Å². The standard InChI is InChI=1S/C18H16FN3OS/c19-13-3-1-12(2-4-13)15-7-10-24-17(15)18(23)21-14-5-6-16-20-8-9-22(16)11-14/h1-4,7-10,14H,5-6,11H2,(H,21,23)/t14-/m1/s1. The molecule has 1 aliphatic rings. The van der Waals surface area contributed by atoms with Crippen molar-refractivity contribution in [2.75, 3.05) is 0 Å². The highest BCUT2D eigenvalue weighted by Crippen LogP contribution is 2.28. The van der Waals surface area contributed by atoms with Gasteiger partial charge in [-0.05, 0) is 35.6 Å². The average Bonchev–Trinajstić information content (AvgIpc) is 3.24. The Bertz CT molecular complexity index is 869. The van der Waals surface area contributed by atoms with E-state index in [0.29, 0.717) is 4.88 Å². The summed E-state index contributed by atoms with van der Waals surface area (Å²) in [6.07, 6.45) is 5.50. The number of fused-ring (bicyclic) bond motifs is 1. The van der Waals surface area contributed by atoms with Crippen molar-refractivity contribution in [1.82, 2.24) is 14.9 Å². The number of benzene rings is 1. The van der Waals surface area contributed by atoms with Gasteiger partial charge in [0.2, 0.25) is 0 Å². The van der Waals surface area contributed by atoms with E-state index in [1.807, 2.05) is 17.6 Å². The number of halogens is 1. The van der Waals surface area contributed by atoms with Crippen LogP contribution in [0, 0.1) is 5.82 Å². The van der Waals surface area contributed by atoms with Gasteiger partial charge in [0, 0.05) is 37.0 Å². The minimum Gasteiger partial charge on any atom is -0.347 e. The Morgan fingerprint density at radius 2 is 2.12 bits per heavy atom. The first kappa shape index (κ1) is 15.1. The van der Waals surface area contributed by atoms with Crippen LogP contribution in [0.2, 0.25) is 0 Å². The van der Waals surface area contributed by atoms with E-state index in [1.165, 1.54) is 23.5 Å². The molecule has 3 aromatic rings. The molecule has 4 rings (SSSR count). The summed E-state index contributed by atoms with van der Waals surface area (Å²) in [5.41, 5.74) is 1.69. The van der Waals surface area contributed by atoms with Crippen LogP contribution >= 0.6 is 11.3 Å². The number of hydrogen-bond donors (Lipinski definition) is 1. The average molecular weight is 341 g/mol. The number of nitrogens with zero attached hydrogens (tertiary/aromatic N) is 2. The van der Waals surface area contributed by atoms with E-state index in [-0.39, 0.29) is 17.8 Å². The lowest BCUT2D eigenvalue weighted by Crippen LogP contribution is -2.40. The Kier molecular flexibility index (Phi) is 3.90. The van der Waals surface area contributed by atoms with Crippen molar-refractivity contribution in [3.8, 4) is 11.1 Å². The van der Waals surface area contributed by atoms with E-state index in [1.54, 1.807) is 18.3 Å². The first-order valence-corrected chi connectivity index (χ1v) is 8.73. The molecule has 0 radical (unpaired) electrons. The number of nitrogens with one attached hydrogen (secondary N) is 1. The number of aromatic nitrogens is 2. The molecule has 1 aromatic carbocycles. The van der Waals surface area contributed by atoms with Crippen LogP contribution in [-0.2, 0) is 13.0 Å². The van der Waals surface area contributed by atoms with E-state index in [4.69, 9.17) is 0 Å². The molecule has 4 nitrogen and oxygen atoms in total. The number of thiophene rings is 1. The largest absolute Gasteiger partial charge is 0.347 e. The molecule has 1 amide bonds. The lowest BCUT2D eigenvalue weighted by Gasteiger charge is -2.24. The molecule has 3 heterocycles. The maximum Gasteiger partial charge on any atom is 0.262 e. The second-order valence-electron chi connectivity index (χ2n) is 5.88. The molecular formula is C18H16FN3OS. The Morgan fingerprint density at radius 1 is 1.29 bits per heavy atom. The van der Waals surface area contributed by atoms with Crippen molar-refractivity contribution in [3.05, 3.63) is 64.6 Å². The van der Waals surface area contributed by atoms with E-state index < -0.39 is 0 Å². The molecule has 0 bridgehead atoms. The smallest absolute Gasteiger partial charge is 0.262 e. The maximum absolute atomic E-state index is 13.1. The summed E-state index contributed by atoms with van der Waals surface area (Å²) in [6.45, 7) is 0.748. The van der Waals surface area contributed by atoms with Crippen LogP contribution in [0.4, 0.5) is 4.39 Å². The molecule has 2 aromatic heterocycles. The molecule has 0 aliphatic carbocycles. The van der Waals surface area contributed by atoms with Crippen molar-refractivity contribution in [2.24, 2.45) is 0 Å². The Balaban J connectivity index is 1.52. The molecule has 0 unspecified atom stereocenters. The van der Waals surface area contributed by atoms with Crippen molar-refractivity contribution < 1.29 is 9.18 Å². The molecule has 1 aliphatic heterocycles. The number of imidazole rings is 1. The third kappa shape index (κ3) is 2.85. The van der Waals surface area contributed by atoms with Gasteiger partial charge >= 0.3 is 0 Å². The number of aryl methyl sites for hydroxylation is 1. The van der Waals surface area contributed by atoms with Crippen LogP contribution in [0.1, 0.15) is 21.9 Å². The van der Waals surface area contributed by atoms with Gasteiger partial charge in [0.25, 0.3) is 5.91 Å². The third-order valence-electron chi connectivity index (χ3n) is 4.30. The van der Waals surface area contributed by atoms with Gasteiger partial charge in [-0.25, -0.2) is 9.37 Å². The van der Waals surface area contributed by atoms with Gasteiger partial charge < -0.3 is 9.88 Å². The maximum atomic E-state index is 13.1. The Labute approximate surface area is 143 Å². The van der Waals surface area contributed by atoms with Gasteiger partial charge in [-0.1, -0.05) is 12.1 Å². The zero-order chi connectivity index (χ0) is 16.5.